The summed E-state index contributed by atoms with van der Waals surface area (Å²) in [5, 5.41) is 5.60. The second-order valence-electron chi connectivity index (χ2n) is 14.3. The van der Waals surface area contributed by atoms with Crippen molar-refractivity contribution in [3.63, 3.8) is 0 Å². The molecule has 1 aliphatic heterocycles. The molecule has 1 aliphatic rings. The molecule has 0 saturated heterocycles. The highest BCUT2D eigenvalue weighted by Crippen LogP contribution is 2.51. The maximum atomic E-state index is 6.23. The topological polar surface area (TPSA) is 47.1 Å². The Kier molecular flexibility index (Phi) is 7.27. The van der Waals surface area contributed by atoms with Crippen molar-refractivity contribution in [3.05, 3.63) is 182 Å². The van der Waals surface area contributed by atoms with Crippen molar-refractivity contribution in [2.45, 2.75) is 9.79 Å². The van der Waals surface area contributed by atoms with Gasteiger partial charge in [0.15, 0.2) is 5.82 Å². The molecule has 4 heterocycles. The van der Waals surface area contributed by atoms with Crippen molar-refractivity contribution in [3.8, 4) is 38.8 Å². The Balaban J connectivity index is 0.872. The fourth-order valence-electron chi connectivity index (χ4n) is 8.31. The second kappa shape index (κ2) is 12.8. The van der Waals surface area contributed by atoms with E-state index in [1.54, 1.807) is 0 Å². The fraction of sp³-hybridized carbons (Fsp3) is 0. The molecule has 0 radical (unpaired) electrons. The van der Waals surface area contributed by atoms with E-state index in [1.807, 2.05) is 23.9 Å². The Morgan fingerprint density at radius 3 is 1.95 bits per heavy atom. The Morgan fingerprint density at radius 2 is 1.11 bits per heavy atom. The van der Waals surface area contributed by atoms with E-state index < -0.39 is 0 Å². The van der Waals surface area contributed by atoms with Crippen molar-refractivity contribution >= 4 is 84.1 Å². The molecule has 57 heavy (non-hydrogen) atoms. The number of fused-ring (bicyclic) bond motifs is 8. The fourth-order valence-corrected chi connectivity index (χ4v) is 10.1. The summed E-state index contributed by atoms with van der Waals surface area (Å²) < 4.78 is 13.4. The third-order valence-electron chi connectivity index (χ3n) is 11.0. The van der Waals surface area contributed by atoms with Gasteiger partial charge in [-0.05, 0) is 120 Å². The van der Waals surface area contributed by atoms with Gasteiger partial charge in [-0.2, -0.15) is 4.37 Å². The summed E-state index contributed by atoms with van der Waals surface area (Å²) in [5.41, 5.74) is 13.0. The van der Waals surface area contributed by atoms with Gasteiger partial charge in [-0.3, -0.25) is 0 Å². The number of rotatable bonds is 5. The van der Waals surface area contributed by atoms with Gasteiger partial charge in [0.1, 0.15) is 16.2 Å². The minimum atomic E-state index is 0.728. The van der Waals surface area contributed by atoms with Crippen LogP contribution in [0.15, 0.2) is 196 Å². The van der Waals surface area contributed by atoms with Gasteiger partial charge in [0, 0.05) is 53.8 Å². The quantitative estimate of drug-likeness (QED) is 0.175. The molecule has 0 unspecified atom stereocenters. The lowest BCUT2D eigenvalue weighted by atomic mass is 10.0. The summed E-state index contributed by atoms with van der Waals surface area (Å²) in [5.74, 6) is 0.728. The normalized spacial score (nSPS) is 12.5. The van der Waals surface area contributed by atoms with Crippen molar-refractivity contribution < 1.29 is 4.42 Å². The van der Waals surface area contributed by atoms with Gasteiger partial charge < -0.3 is 13.9 Å². The number of benzene rings is 8. The van der Waals surface area contributed by atoms with Gasteiger partial charge in [-0.1, -0.05) is 96.7 Å². The molecule has 11 aromatic rings. The summed E-state index contributed by atoms with van der Waals surface area (Å²) in [7, 11) is 0. The van der Waals surface area contributed by atoms with E-state index in [0.717, 1.165) is 71.9 Å². The first kappa shape index (κ1) is 32.3. The van der Waals surface area contributed by atoms with Gasteiger partial charge in [0.2, 0.25) is 0 Å². The molecule has 3 aromatic heterocycles. The van der Waals surface area contributed by atoms with Crippen LogP contribution >= 0.6 is 23.3 Å². The maximum Gasteiger partial charge on any atom is 0.173 e. The zero-order valence-corrected chi connectivity index (χ0v) is 32.0. The molecule has 268 valence electrons. The number of anilines is 3. The van der Waals surface area contributed by atoms with Crippen molar-refractivity contribution in [1.29, 1.82) is 0 Å². The molecule has 0 amide bonds. The van der Waals surface area contributed by atoms with Crippen LogP contribution in [-0.4, -0.2) is 13.9 Å². The van der Waals surface area contributed by atoms with Crippen molar-refractivity contribution in [2.24, 2.45) is 0 Å². The van der Waals surface area contributed by atoms with Crippen LogP contribution in [0.25, 0.3) is 82.5 Å². The van der Waals surface area contributed by atoms with Gasteiger partial charge in [-0.15, -0.1) is 0 Å². The van der Waals surface area contributed by atoms with Gasteiger partial charge in [0.25, 0.3) is 0 Å². The smallest absolute Gasteiger partial charge is 0.173 e. The monoisotopic (exact) mass is 766 g/mol. The zero-order valence-electron chi connectivity index (χ0n) is 30.3. The molecule has 5 nitrogen and oxygen atoms in total. The average molecular weight is 767 g/mol. The molecule has 0 spiro atoms. The average Bonchev–Trinajstić information content (AvgIpc) is 4.00. The number of nitrogens with zero attached hydrogens (tertiary/aromatic N) is 4. The van der Waals surface area contributed by atoms with Crippen LogP contribution in [0, 0.1) is 0 Å². The number of aromatic nitrogens is 3. The largest absolute Gasteiger partial charge is 0.456 e. The molecule has 0 saturated carbocycles. The third-order valence-corrected chi connectivity index (χ3v) is 12.9. The number of hydrogen-bond acceptors (Lipinski definition) is 6. The predicted octanol–water partition coefficient (Wildman–Crippen LogP) is 14.5. The molecular weight excluding hydrogens is 737 g/mol. The molecule has 0 atom stereocenters. The molecule has 0 fully saturated rings. The summed E-state index contributed by atoms with van der Waals surface area (Å²) in [6.45, 7) is 0. The zero-order chi connectivity index (χ0) is 37.5. The Labute approximate surface area is 336 Å². The highest BCUT2D eigenvalue weighted by atomic mass is 32.2. The molecule has 12 rings (SSSR count). The third kappa shape index (κ3) is 5.24. The Bertz CT molecular complexity index is 3310. The summed E-state index contributed by atoms with van der Waals surface area (Å²) >= 11 is 3.25. The molecule has 0 aliphatic carbocycles. The molecular formula is C50H30N4OS2. The highest BCUT2D eigenvalue weighted by Gasteiger charge is 2.25. The van der Waals surface area contributed by atoms with Crippen LogP contribution in [0.1, 0.15) is 0 Å². The van der Waals surface area contributed by atoms with E-state index in [4.69, 9.17) is 13.8 Å². The van der Waals surface area contributed by atoms with Crippen LogP contribution in [0.4, 0.5) is 17.1 Å². The van der Waals surface area contributed by atoms with Gasteiger partial charge in [-0.25, -0.2) is 4.98 Å². The Morgan fingerprint density at radius 1 is 0.439 bits per heavy atom. The summed E-state index contributed by atoms with van der Waals surface area (Å²) in [6.07, 6.45) is 0. The van der Waals surface area contributed by atoms with E-state index in [9.17, 15) is 0 Å². The van der Waals surface area contributed by atoms with Crippen LogP contribution in [0.2, 0.25) is 0 Å². The number of para-hydroxylation sites is 4. The second-order valence-corrected chi connectivity index (χ2v) is 16.1. The van der Waals surface area contributed by atoms with E-state index >= 15 is 0 Å². The highest BCUT2D eigenvalue weighted by molar-refractivity contribution is 7.99. The van der Waals surface area contributed by atoms with Gasteiger partial charge in [0.05, 0.1) is 22.4 Å². The lowest BCUT2D eigenvalue weighted by Crippen LogP contribution is -2.14. The standard InChI is InChI=1S/C50H30N4OS2/c1-3-14-41-37(12-1)40-29-32(33-22-26-39-38-13-2-6-17-45(38)55-46(39)30-33)23-27-42(40)53(41)35-24-20-31(21-25-35)50-51-49(52-57-50)34-10-9-11-36(28-34)54-43-15-4-7-18-47(43)56-48-19-8-5-16-44(48)54/h1-30H. The number of furan rings is 1. The van der Waals surface area contributed by atoms with E-state index in [0.29, 0.717) is 0 Å². The first-order valence-electron chi connectivity index (χ1n) is 18.9. The van der Waals surface area contributed by atoms with E-state index in [-0.39, 0.29) is 0 Å². The molecule has 0 N–H and O–H groups in total. The van der Waals surface area contributed by atoms with E-state index in [1.165, 1.54) is 49.0 Å². The first-order valence-corrected chi connectivity index (χ1v) is 20.5. The molecule has 0 bridgehead atoms. The minimum Gasteiger partial charge on any atom is -0.456 e. The SMILES string of the molecule is c1cc(-c2nsc(-c3ccc(-n4c5ccccc5c5cc(-c6ccc7c(c6)oc6ccccc67)ccc54)cc3)n2)cc(N2c3ccccc3Sc3ccccc32)c1. The lowest BCUT2D eigenvalue weighted by molar-refractivity contribution is 0.669. The minimum absolute atomic E-state index is 0.728. The van der Waals surface area contributed by atoms with Gasteiger partial charge >= 0.3 is 0 Å². The van der Waals surface area contributed by atoms with Crippen LogP contribution in [0.3, 0.4) is 0 Å². The van der Waals surface area contributed by atoms with E-state index in [2.05, 4.69) is 179 Å². The molecule has 8 aromatic carbocycles. The summed E-state index contributed by atoms with van der Waals surface area (Å²) in [6, 6.07) is 64.6. The van der Waals surface area contributed by atoms with Crippen molar-refractivity contribution in [1.82, 2.24) is 13.9 Å². The van der Waals surface area contributed by atoms with Crippen molar-refractivity contribution in [2.75, 3.05) is 4.90 Å². The summed E-state index contributed by atoms with van der Waals surface area (Å²) in [4.78, 5) is 9.88. The predicted molar refractivity (Wildman–Crippen MR) is 237 cm³/mol. The van der Waals surface area contributed by atoms with Crippen LogP contribution in [-0.2, 0) is 0 Å². The first-order chi connectivity index (χ1) is 28.2. The maximum absolute atomic E-state index is 6.23. The lowest BCUT2D eigenvalue weighted by Gasteiger charge is -2.32. The van der Waals surface area contributed by atoms with Crippen LogP contribution < -0.4 is 4.90 Å². The molecule has 7 heteroatoms. The Hall–Kier alpha value is -6.93. The number of hydrogen-bond donors (Lipinski definition) is 0. The van der Waals surface area contributed by atoms with Crippen LogP contribution in [0.5, 0.6) is 0 Å².